The summed E-state index contributed by atoms with van der Waals surface area (Å²) in [4.78, 5) is 24.2. The fraction of sp³-hybridized carbons (Fsp3) is 0.316. The van der Waals surface area contributed by atoms with Crippen LogP contribution >= 0.6 is 22.9 Å². The minimum atomic E-state index is -1.14. The summed E-state index contributed by atoms with van der Waals surface area (Å²) in [5, 5.41) is 14.1. The van der Waals surface area contributed by atoms with Crippen molar-refractivity contribution in [3.8, 4) is 5.75 Å². The summed E-state index contributed by atoms with van der Waals surface area (Å²) < 4.78 is 5.18. The Morgan fingerprint density at radius 3 is 2.96 bits per heavy atom. The smallest absolute Gasteiger partial charge is 0.374 e. The maximum atomic E-state index is 11.5. The summed E-state index contributed by atoms with van der Waals surface area (Å²) in [6, 6.07) is 5.54. The molecule has 2 aromatic heterocycles. The molecule has 2 N–H and O–H groups in total. The van der Waals surface area contributed by atoms with Crippen LogP contribution < -0.4 is 10.1 Å². The molecule has 0 saturated heterocycles. The van der Waals surface area contributed by atoms with E-state index in [2.05, 4.69) is 27.2 Å². The Kier molecular flexibility index (Phi) is 5.09. The molecule has 0 atom stereocenters. The van der Waals surface area contributed by atoms with E-state index >= 15 is 0 Å². The van der Waals surface area contributed by atoms with Gasteiger partial charge in [0.25, 0.3) is 0 Å². The van der Waals surface area contributed by atoms with Crippen LogP contribution in [0.25, 0.3) is 10.2 Å². The number of nitrogens with one attached hydrogen (secondary N) is 1. The molecule has 146 valence electrons. The number of benzene rings is 1. The van der Waals surface area contributed by atoms with Crippen molar-refractivity contribution in [2.45, 2.75) is 19.5 Å². The standard InChI is InChI=1S/C19H19ClN4O3S/c1-24-6-5-11-14(9-24)28-18-15(11)16(22-17(23-18)19(25)26)21-8-10-3-4-13(27-2)12(20)7-10/h3-4,7H,5-6,8-9H2,1-2H3,(H,25,26)(H,21,22,23). The number of rotatable bonds is 5. The molecule has 4 rings (SSSR count). The number of nitrogens with zero attached hydrogens (tertiary/aromatic N) is 3. The van der Waals surface area contributed by atoms with Crippen molar-refractivity contribution in [2.75, 3.05) is 26.0 Å². The van der Waals surface area contributed by atoms with Crippen molar-refractivity contribution in [3.63, 3.8) is 0 Å². The van der Waals surface area contributed by atoms with Gasteiger partial charge in [0.15, 0.2) is 0 Å². The lowest BCUT2D eigenvalue weighted by Gasteiger charge is -2.22. The number of halogens is 1. The zero-order chi connectivity index (χ0) is 19.8. The minimum absolute atomic E-state index is 0.199. The number of aromatic nitrogens is 2. The van der Waals surface area contributed by atoms with Crippen molar-refractivity contribution in [2.24, 2.45) is 0 Å². The Labute approximate surface area is 170 Å². The third-order valence-corrected chi connectivity index (χ3v) is 6.16. The average Bonchev–Trinajstić information content (AvgIpc) is 3.03. The Hall–Kier alpha value is -2.42. The lowest BCUT2D eigenvalue weighted by Crippen LogP contribution is -2.25. The van der Waals surface area contributed by atoms with E-state index < -0.39 is 5.97 Å². The van der Waals surface area contributed by atoms with E-state index in [1.165, 1.54) is 10.4 Å². The highest BCUT2D eigenvalue weighted by Gasteiger charge is 2.24. The topological polar surface area (TPSA) is 87.6 Å². The zero-order valence-electron chi connectivity index (χ0n) is 15.5. The van der Waals surface area contributed by atoms with Crippen LogP contribution in [-0.4, -0.2) is 46.6 Å². The number of likely N-dealkylation sites (N-methyl/N-ethyl adjacent to an activating group) is 1. The van der Waals surface area contributed by atoms with Gasteiger partial charge in [-0.3, -0.25) is 0 Å². The van der Waals surface area contributed by atoms with Gasteiger partial charge < -0.3 is 20.1 Å². The SMILES string of the molecule is COc1ccc(CNc2nc(C(=O)O)nc3sc4c(c23)CCN(C)C4)cc1Cl. The number of fused-ring (bicyclic) bond motifs is 3. The van der Waals surface area contributed by atoms with Gasteiger partial charge in [0, 0.05) is 24.5 Å². The first-order chi connectivity index (χ1) is 13.5. The quantitative estimate of drug-likeness (QED) is 0.653. The highest BCUT2D eigenvalue weighted by Crippen LogP contribution is 2.37. The van der Waals surface area contributed by atoms with E-state index in [0.717, 1.165) is 30.5 Å². The van der Waals surface area contributed by atoms with Gasteiger partial charge in [-0.05, 0) is 36.7 Å². The molecule has 28 heavy (non-hydrogen) atoms. The van der Waals surface area contributed by atoms with Gasteiger partial charge >= 0.3 is 5.97 Å². The van der Waals surface area contributed by atoms with Crippen LogP contribution in [0.1, 0.15) is 26.6 Å². The summed E-state index contributed by atoms with van der Waals surface area (Å²) in [5.41, 5.74) is 2.16. The summed E-state index contributed by atoms with van der Waals surface area (Å²) in [7, 11) is 3.65. The number of carboxylic acids is 1. The molecule has 0 bridgehead atoms. The minimum Gasteiger partial charge on any atom is -0.495 e. The van der Waals surface area contributed by atoms with E-state index in [-0.39, 0.29) is 5.82 Å². The van der Waals surface area contributed by atoms with E-state index in [1.54, 1.807) is 24.5 Å². The molecule has 7 nitrogen and oxygen atoms in total. The predicted octanol–water partition coefficient (Wildman–Crippen LogP) is 3.65. The van der Waals surface area contributed by atoms with Gasteiger partial charge in [0.2, 0.25) is 5.82 Å². The van der Waals surface area contributed by atoms with E-state index in [4.69, 9.17) is 16.3 Å². The number of ether oxygens (including phenoxy) is 1. The molecule has 0 spiro atoms. The number of carbonyl (C=O) groups is 1. The first-order valence-electron chi connectivity index (χ1n) is 8.76. The first-order valence-corrected chi connectivity index (χ1v) is 9.96. The lowest BCUT2D eigenvalue weighted by molar-refractivity contribution is 0.0684. The van der Waals surface area contributed by atoms with Crippen molar-refractivity contribution in [1.29, 1.82) is 0 Å². The fourth-order valence-corrected chi connectivity index (χ4v) is 4.93. The fourth-order valence-electron chi connectivity index (χ4n) is 3.35. The van der Waals surface area contributed by atoms with Crippen LogP contribution in [0.15, 0.2) is 18.2 Å². The third kappa shape index (κ3) is 3.50. The molecule has 1 aliphatic heterocycles. The number of thiophene rings is 1. The molecule has 9 heteroatoms. The molecule has 1 aliphatic rings. The molecule has 0 fully saturated rings. The average molecular weight is 419 g/mol. The monoisotopic (exact) mass is 418 g/mol. The zero-order valence-corrected chi connectivity index (χ0v) is 17.0. The molecule has 3 heterocycles. The van der Waals surface area contributed by atoms with E-state index in [0.29, 0.717) is 28.0 Å². The Morgan fingerprint density at radius 2 is 2.25 bits per heavy atom. The third-order valence-electron chi connectivity index (χ3n) is 4.76. The molecular formula is C19H19ClN4O3S. The summed E-state index contributed by atoms with van der Waals surface area (Å²) >= 11 is 7.75. The maximum Gasteiger partial charge on any atom is 0.374 e. The Morgan fingerprint density at radius 1 is 1.43 bits per heavy atom. The largest absolute Gasteiger partial charge is 0.495 e. The van der Waals surface area contributed by atoms with Crippen LogP contribution in [0.5, 0.6) is 5.75 Å². The van der Waals surface area contributed by atoms with Crippen LogP contribution in [-0.2, 0) is 19.5 Å². The molecule has 0 aliphatic carbocycles. The number of anilines is 1. The van der Waals surface area contributed by atoms with E-state index in [1.807, 2.05) is 12.1 Å². The number of hydrogen-bond acceptors (Lipinski definition) is 7. The van der Waals surface area contributed by atoms with Crippen LogP contribution in [0.4, 0.5) is 5.82 Å². The molecule has 1 aromatic carbocycles. The second-order valence-corrected chi connectivity index (χ2v) is 8.19. The molecule has 3 aromatic rings. The molecule has 0 unspecified atom stereocenters. The predicted molar refractivity (Wildman–Crippen MR) is 110 cm³/mol. The van der Waals surface area contributed by atoms with Crippen molar-refractivity contribution in [3.05, 3.63) is 45.1 Å². The summed E-state index contributed by atoms with van der Waals surface area (Å²) in [6.45, 7) is 2.25. The number of aromatic carboxylic acids is 1. The van der Waals surface area contributed by atoms with Gasteiger partial charge in [-0.2, -0.15) is 0 Å². The van der Waals surface area contributed by atoms with Crippen LogP contribution in [0.3, 0.4) is 0 Å². The van der Waals surface area contributed by atoms with Gasteiger partial charge in [-0.1, -0.05) is 17.7 Å². The van der Waals surface area contributed by atoms with Gasteiger partial charge in [0.1, 0.15) is 16.4 Å². The van der Waals surface area contributed by atoms with Crippen LogP contribution in [0, 0.1) is 0 Å². The normalized spacial score (nSPS) is 14.1. The molecule has 0 saturated carbocycles. The molecular weight excluding hydrogens is 400 g/mol. The maximum absolute atomic E-state index is 11.5. The summed E-state index contributed by atoms with van der Waals surface area (Å²) in [6.07, 6.45) is 0.894. The highest BCUT2D eigenvalue weighted by atomic mass is 35.5. The van der Waals surface area contributed by atoms with Crippen LogP contribution in [0.2, 0.25) is 5.02 Å². The van der Waals surface area contributed by atoms with Gasteiger partial charge in [-0.25, -0.2) is 14.8 Å². The first kappa shape index (κ1) is 18.9. The van der Waals surface area contributed by atoms with Crippen molar-refractivity contribution in [1.82, 2.24) is 14.9 Å². The van der Waals surface area contributed by atoms with Crippen molar-refractivity contribution >= 4 is 44.9 Å². The lowest BCUT2D eigenvalue weighted by atomic mass is 10.1. The number of methoxy groups -OCH3 is 1. The summed E-state index contributed by atoms with van der Waals surface area (Å²) in [5.74, 6) is -0.175. The van der Waals surface area contributed by atoms with Crippen molar-refractivity contribution < 1.29 is 14.6 Å². The molecule has 0 amide bonds. The Bertz CT molecular complexity index is 1070. The number of hydrogen-bond donors (Lipinski definition) is 2. The molecule has 0 radical (unpaired) electrons. The number of carboxylic acid groups (broad SMARTS) is 1. The second-order valence-electron chi connectivity index (χ2n) is 6.70. The highest BCUT2D eigenvalue weighted by molar-refractivity contribution is 7.19. The van der Waals surface area contributed by atoms with Gasteiger partial charge in [0.05, 0.1) is 17.5 Å². The van der Waals surface area contributed by atoms with E-state index in [9.17, 15) is 9.90 Å². The second kappa shape index (κ2) is 7.54. The Balaban J connectivity index is 1.72. The van der Waals surface area contributed by atoms with Gasteiger partial charge in [-0.15, -0.1) is 11.3 Å².